The van der Waals surface area contributed by atoms with E-state index in [1.807, 2.05) is 6.92 Å². The van der Waals surface area contributed by atoms with E-state index in [1.165, 1.54) is 23.1 Å². The monoisotopic (exact) mass is 345 g/mol. The van der Waals surface area contributed by atoms with Gasteiger partial charge in [-0.2, -0.15) is 0 Å². The molecular formula is C16H15Cl2F2NO. The summed E-state index contributed by atoms with van der Waals surface area (Å²) in [4.78, 5) is 13.3. The van der Waals surface area contributed by atoms with Gasteiger partial charge < -0.3 is 4.90 Å². The maximum absolute atomic E-state index is 14.2. The van der Waals surface area contributed by atoms with Crippen LogP contribution in [0, 0.1) is 11.8 Å². The van der Waals surface area contributed by atoms with Gasteiger partial charge >= 0.3 is 0 Å². The Morgan fingerprint density at radius 2 is 2.14 bits per heavy atom. The number of benzene rings is 1. The quantitative estimate of drug-likeness (QED) is 0.692. The Balaban J connectivity index is 2.26. The SMILES string of the molecule is CCC#CC(=O)N1CCC(F)(F)C(c2ccc(Cl)c(Cl)c2)C1. The lowest BCUT2D eigenvalue weighted by Gasteiger charge is -2.38. The van der Waals surface area contributed by atoms with Gasteiger partial charge in [0.25, 0.3) is 11.8 Å². The van der Waals surface area contributed by atoms with Crippen LogP contribution < -0.4 is 0 Å². The van der Waals surface area contributed by atoms with E-state index < -0.39 is 24.2 Å². The number of piperidine rings is 1. The second-order valence-corrected chi connectivity index (χ2v) is 5.96. The summed E-state index contributed by atoms with van der Waals surface area (Å²) in [5.74, 6) is 0.718. The molecular weight excluding hydrogens is 331 g/mol. The molecule has 1 aromatic carbocycles. The van der Waals surface area contributed by atoms with Crippen LogP contribution in [-0.4, -0.2) is 29.8 Å². The highest BCUT2D eigenvalue weighted by Gasteiger charge is 2.45. The van der Waals surface area contributed by atoms with Crippen LogP contribution in [0.2, 0.25) is 10.0 Å². The van der Waals surface area contributed by atoms with Crippen LogP contribution >= 0.6 is 23.2 Å². The van der Waals surface area contributed by atoms with Crippen molar-refractivity contribution in [2.75, 3.05) is 13.1 Å². The number of amides is 1. The van der Waals surface area contributed by atoms with Crippen molar-refractivity contribution in [3.63, 3.8) is 0 Å². The summed E-state index contributed by atoms with van der Waals surface area (Å²) in [7, 11) is 0. The third-order valence-electron chi connectivity index (χ3n) is 3.63. The summed E-state index contributed by atoms with van der Waals surface area (Å²) in [5.41, 5.74) is 0.375. The number of rotatable bonds is 1. The van der Waals surface area contributed by atoms with Crippen molar-refractivity contribution in [3.05, 3.63) is 33.8 Å². The third-order valence-corrected chi connectivity index (χ3v) is 4.37. The molecule has 0 saturated carbocycles. The van der Waals surface area contributed by atoms with E-state index >= 15 is 0 Å². The third kappa shape index (κ3) is 3.71. The van der Waals surface area contributed by atoms with Crippen LogP contribution in [0.5, 0.6) is 0 Å². The molecule has 1 amide bonds. The molecule has 1 heterocycles. The van der Waals surface area contributed by atoms with E-state index in [-0.39, 0.29) is 18.1 Å². The summed E-state index contributed by atoms with van der Waals surface area (Å²) >= 11 is 11.7. The fourth-order valence-corrected chi connectivity index (χ4v) is 2.72. The molecule has 1 aromatic rings. The second kappa shape index (κ2) is 6.85. The lowest BCUT2D eigenvalue weighted by Crippen LogP contribution is -2.47. The molecule has 1 saturated heterocycles. The summed E-state index contributed by atoms with van der Waals surface area (Å²) < 4.78 is 28.5. The standard InChI is InChI=1S/C16H15Cl2F2NO/c1-2-3-4-15(22)21-8-7-16(19,20)12(10-21)11-5-6-13(17)14(18)9-11/h5-6,9,12H,2,7-8,10H2,1H3. The predicted molar refractivity (Wildman–Crippen MR) is 83.4 cm³/mol. The lowest BCUT2D eigenvalue weighted by molar-refractivity contribution is -0.133. The number of hydrogen-bond acceptors (Lipinski definition) is 1. The fourth-order valence-electron chi connectivity index (χ4n) is 2.41. The van der Waals surface area contributed by atoms with Crippen LogP contribution in [0.15, 0.2) is 18.2 Å². The van der Waals surface area contributed by atoms with Crippen molar-refractivity contribution in [2.24, 2.45) is 0 Å². The summed E-state index contributed by atoms with van der Waals surface area (Å²) in [6, 6.07) is 4.46. The van der Waals surface area contributed by atoms with Gasteiger partial charge in [-0.1, -0.05) is 42.1 Å². The van der Waals surface area contributed by atoms with E-state index in [0.29, 0.717) is 17.0 Å². The Hall–Kier alpha value is -1.31. The van der Waals surface area contributed by atoms with E-state index in [2.05, 4.69) is 11.8 Å². The van der Waals surface area contributed by atoms with Gasteiger partial charge in [0.1, 0.15) is 0 Å². The minimum atomic E-state index is -2.90. The van der Waals surface area contributed by atoms with E-state index in [4.69, 9.17) is 23.2 Å². The van der Waals surface area contributed by atoms with Gasteiger partial charge in [0, 0.05) is 25.9 Å². The van der Waals surface area contributed by atoms with Gasteiger partial charge in [0.15, 0.2) is 0 Å². The molecule has 2 rings (SSSR count). The molecule has 0 bridgehead atoms. The zero-order valence-corrected chi connectivity index (χ0v) is 13.5. The van der Waals surface area contributed by atoms with Crippen molar-refractivity contribution < 1.29 is 13.6 Å². The van der Waals surface area contributed by atoms with E-state index in [9.17, 15) is 13.6 Å². The average molecular weight is 346 g/mol. The van der Waals surface area contributed by atoms with Crippen molar-refractivity contribution in [2.45, 2.75) is 31.6 Å². The predicted octanol–water partition coefficient (Wildman–Crippen LogP) is 4.36. The van der Waals surface area contributed by atoms with Gasteiger partial charge in [0.05, 0.1) is 16.0 Å². The number of carbonyl (C=O) groups excluding carboxylic acids is 1. The van der Waals surface area contributed by atoms with Crippen LogP contribution in [0.4, 0.5) is 8.78 Å². The van der Waals surface area contributed by atoms with Gasteiger partial charge in [-0.15, -0.1) is 0 Å². The molecule has 1 fully saturated rings. The fraction of sp³-hybridized carbons (Fsp3) is 0.438. The molecule has 0 aliphatic carbocycles. The molecule has 118 valence electrons. The molecule has 0 spiro atoms. The van der Waals surface area contributed by atoms with Gasteiger partial charge in [-0.25, -0.2) is 8.78 Å². The number of hydrogen-bond donors (Lipinski definition) is 0. The number of alkyl halides is 2. The first kappa shape index (κ1) is 17.1. The molecule has 1 aliphatic rings. The molecule has 1 atom stereocenters. The topological polar surface area (TPSA) is 20.3 Å². The smallest absolute Gasteiger partial charge is 0.298 e. The number of carbonyl (C=O) groups is 1. The van der Waals surface area contributed by atoms with Crippen molar-refractivity contribution in [3.8, 4) is 11.8 Å². The zero-order chi connectivity index (χ0) is 16.3. The van der Waals surface area contributed by atoms with E-state index in [0.717, 1.165) is 0 Å². The Bertz CT molecular complexity index is 637. The largest absolute Gasteiger partial charge is 0.331 e. The molecule has 0 N–H and O–H groups in total. The maximum Gasteiger partial charge on any atom is 0.298 e. The Morgan fingerprint density at radius 3 is 2.77 bits per heavy atom. The van der Waals surface area contributed by atoms with Crippen molar-refractivity contribution in [1.29, 1.82) is 0 Å². The van der Waals surface area contributed by atoms with Gasteiger partial charge in [0.2, 0.25) is 0 Å². The molecule has 22 heavy (non-hydrogen) atoms. The van der Waals surface area contributed by atoms with Crippen molar-refractivity contribution >= 4 is 29.1 Å². The number of likely N-dealkylation sites (tertiary alicyclic amines) is 1. The van der Waals surface area contributed by atoms with Crippen LogP contribution in [0.3, 0.4) is 0 Å². The summed E-state index contributed by atoms with van der Waals surface area (Å²) in [6.45, 7) is 1.74. The minimum Gasteiger partial charge on any atom is -0.331 e. The summed E-state index contributed by atoms with van der Waals surface area (Å²) in [6.07, 6.45) is 0.156. The molecule has 0 aromatic heterocycles. The van der Waals surface area contributed by atoms with Crippen LogP contribution in [-0.2, 0) is 4.79 Å². The van der Waals surface area contributed by atoms with Crippen LogP contribution in [0.1, 0.15) is 31.2 Å². The highest BCUT2D eigenvalue weighted by molar-refractivity contribution is 6.42. The molecule has 1 unspecified atom stereocenters. The second-order valence-electron chi connectivity index (χ2n) is 5.14. The average Bonchev–Trinajstić information content (AvgIpc) is 2.47. The minimum absolute atomic E-state index is 0.00203. The van der Waals surface area contributed by atoms with Gasteiger partial charge in [-0.3, -0.25) is 4.79 Å². The maximum atomic E-state index is 14.2. The zero-order valence-electron chi connectivity index (χ0n) is 12.0. The highest BCUT2D eigenvalue weighted by Crippen LogP contribution is 2.41. The molecule has 1 aliphatic heterocycles. The lowest BCUT2D eigenvalue weighted by atomic mass is 9.87. The number of nitrogens with zero attached hydrogens (tertiary/aromatic N) is 1. The molecule has 6 heteroatoms. The number of halogens is 4. The molecule has 2 nitrogen and oxygen atoms in total. The summed E-state index contributed by atoms with van der Waals surface area (Å²) in [5, 5.41) is 0.537. The van der Waals surface area contributed by atoms with Crippen LogP contribution in [0.25, 0.3) is 0 Å². The first-order valence-electron chi connectivity index (χ1n) is 6.95. The van der Waals surface area contributed by atoms with Crippen molar-refractivity contribution in [1.82, 2.24) is 4.90 Å². The van der Waals surface area contributed by atoms with E-state index in [1.54, 1.807) is 0 Å². The normalized spacial score (nSPS) is 20.2. The first-order chi connectivity index (χ1) is 10.3. The highest BCUT2D eigenvalue weighted by atomic mass is 35.5. The molecule has 0 radical (unpaired) electrons. The van der Waals surface area contributed by atoms with Gasteiger partial charge in [-0.05, 0) is 23.6 Å². The Kier molecular flexibility index (Phi) is 5.31. The first-order valence-corrected chi connectivity index (χ1v) is 7.71. The Labute approximate surface area is 138 Å². The Morgan fingerprint density at radius 1 is 1.41 bits per heavy atom.